The van der Waals surface area contributed by atoms with Crippen molar-refractivity contribution >= 4 is 10.1 Å². The highest BCUT2D eigenvalue weighted by molar-refractivity contribution is 7.86. The Kier molecular flexibility index (Phi) is 2.19. The molecule has 0 saturated carbocycles. The van der Waals surface area contributed by atoms with Crippen molar-refractivity contribution in [3.8, 4) is 12.3 Å². The molecule has 1 heterocycles. The molecule has 3 nitrogen and oxygen atoms in total. The summed E-state index contributed by atoms with van der Waals surface area (Å²) in [4.78, 5) is 0. The molecule has 1 atom stereocenters. The zero-order valence-corrected chi connectivity index (χ0v) is 8.02. The number of terminal acetylenes is 1. The minimum Gasteiger partial charge on any atom is -0.269 e. The lowest BCUT2D eigenvalue weighted by molar-refractivity contribution is 0.128. The van der Waals surface area contributed by atoms with Gasteiger partial charge >= 0.3 is 0 Å². The first kappa shape index (κ1) is 9.56. The van der Waals surface area contributed by atoms with E-state index in [9.17, 15) is 8.42 Å². The van der Waals surface area contributed by atoms with Crippen molar-refractivity contribution in [3.63, 3.8) is 0 Å². The van der Waals surface area contributed by atoms with Gasteiger partial charge in [-0.25, -0.2) is 0 Å². The van der Waals surface area contributed by atoms with Crippen LogP contribution in [0.3, 0.4) is 0 Å². The van der Waals surface area contributed by atoms with E-state index in [0.29, 0.717) is 0 Å². The summed E-state index contributed by atoms with van der Waals surface area (Å²) in [7, 11) is -3.36. The Balaban J connectivity index is 2.90. The second-order valence-corrected chi connectivity index (χ2v) is 5.38. The monoisotopic (exact) mass is 188 g/mol. The molecule has 1 rings (SSSR count). The summed E-state index contributed by atoms with van der Waals surface area (Å²) in [5, 5.41) is 0. The molecular weight excluding hydrogens is 176 g/mol. The molecule has 0 N–H and O–H groups in total. The molecule has 0 radical (unpaired) electrons. The highest BCUT2D eigenvalue weighted by Gasteiger charge is 2.38. The summed E-state index contributed by atoms with van der Waals surface area (Å²) in [6.07, 6.45) is 5.23. The Morgan fingerprint density at radius 2 is 2.17 bits per heavy atom. The van der Waals surface area contributed by atoms with Gasteiger partial charge in [0, 0.05) is 11.3 Å². The van der Waals surface area contributed by atoms with Crippen LogP contribution in [-0.2, 0) is 14.3 Å². The van der Waals surface area contributed by atoms with Crippen molar-refractivity contribution in [1.29, 1.82) is 0 Å². The van der Waals surface area contributed by atoms with Crippen molar-refractivity contribution in [2.45, 2.75) is 13.8 Å². The minimum atomic E-state index is -3.36. The number of hydrogen-bond acceptors (Lipinski definition) is 3. The second kappa shape index (κ2) is 2.75. The molecule has 0 amide bonds. The van der Waals surface area contributed by atoms with E-state index in [1.165, 1.54) is 0 Å². The van der Waals surface area contributed by atoms with Crippen LogP contribution < -0.4 is 0 Å². The first-order valence-corrected chi connectivity index (χ1v) is 5.28. The van der Waals surface area contributed by atoms with Crippen LogP contribution in [0, 0.1) is 23.7 Å². The van der Waals surface area contributed by atoms with Gasteiger partial charge in [-0.15, -0.1) is 12.3 Å². The van der Waals surface area contributed by atoms with Crippen LogP contribution in [0.5, 0.6) is 0 Å². The first-order chi connectivity index (χ1) is 5.37. The van der Waals surface area contributed by atoms with E-state index < -0.39 is 10.1 Å². The van der Waals surface area contributed by atoms with E-state index in [1.54, 1.807) is 0 Å². The standard InChI is InChI=1S/C8H12O3S/c1-4-7-5-12(9,10)11-6-8(7,2)3/h1,7H,5-6H2,2-3H3. The van der Waals surface area contributed by atoms with Gasteiger partial charge in [-0.2, -0.15) is 8.42 Å². The van der Waals surface area contributed by atoms with E-state index in [1.807, 2.05) is 13.8 Å². The van der Waals surface area contributed by atoms with Crippen molar-refractivity contribution in [2.24, 2.45) is 11.3 Å². The van der Waals surface area contributed by atoms with Crippen LogP contribution in [0.15, 0.2) is 0 Å². The second-order valence-electron chi connectivity index (χ2n) is 3.69. The molecule has 1 aliphatic rings. The lowest BCUT2D eigenvalue weighted by atomic mass is 9.81. The molecule has 68 valence electrons. The molecule has 4 heteroatoms. The molecular formula is C8H12O3S. The Morgan fingerprint density at radius 1 is 1.58 bits per heavy atom. The van der Waals surface area contributed by atoms with Crippen molar-refractivity contribution < 1.29 is 12.6 Å². The maximum Gasteiger partial charge on any atom is 0.268 e. The topological polar surface area (TPSA) is 43.4 Å². The molecule has 0 aliphatic carbocycles. The third-order valence-electron chi connectivity index (χ3n) is 2.13. The lowest BCUT2D eigenvalue weighted by Crippen LogP contribution is -2.40. The van der Waals surface area contributed by atoms with Crippen LogP contribution in [0.2, 0.25) is 0 Å². The van der Waals surface area contributed by atoms with Gasteiger partial charge in [-0.3, -0.25) is 4.18 Å². The third-order valence-corrected chi connectivity index (χ3v) is 3.34. The van der Waals surface area contributed by atoms with E-state index in [0.717, 1.165) is 0 Å². The maximum atomic E-state index is 11.0. The largest absolute Gasteiger partial charge is 0.269 e. The van der Waals surface area contributed by atoms with Gasteiger partial charge in [-0.05, 0) is 0 Å². The minimum absolute atomic E-state index is 0.0590. The average Bonchev–Trinajstić information content (AvgIpc) is 1.95. The molecule has 0 aromatic heterocycles. The fourth-order valence-corrected chi connectivity index (χ4v) is 2.63. The predicted octanol–water partition coefficient (Wildman–Crippen LogP) is 0.622. The van der Waals surface area contributed by atoms with E-state index >= 15 is 0 Å². The maximum absolute atomic E-state index is 11.0. The Bertz CT molecular complexity index is 308. The summed E-state index contributed by atoms with van der Waals surface area (Å²) < 4.78 is 26.7. The Morgan fingerprint density at radius 3 is 2.58 bits per heavy atom. The predicted molar refractivity (Wildman–Crippen MR) is 45.8 cm³/mol. The fraction of sp³-hybridized carbons (Fsp3) is 0.750. The summed E-state index contributed by atoms with van der Waals surface area (Å²) in [6.45, 7) is 4.00. The van der Waals surface area contributed by atoms with Crippen LogP contribution in [-0.4, -0.2) is 20.8 Å². The van der Waals surface area contributed by atoms with Crippen LogP contribution >= 0.6 is 0 Å². The Labute approximate surface area is 73.2 Å². The third kappa shape index (κ3) is 1.79. The van der Waals surface area contributed by atoms with Gasteiger partial charge in [0.2, 0.25) is 0 Å². The van der Waals surface area contributed by atoms with Crippen LogP contribution in [0.4, 0.5) is 0 Å². The molecule has 1 fully saturated rings. The Hall–Kier alpha value is -0.530. The zero-order valence-electron chi connectivity index (χ0n) is 7.20. The van der Waals surface area contributed by atoms with Gasteiger partial charge in [0.15, 0.2) is 0 Å². The van der Waals surface area contributed by atoms with Crippen molar-refractivity contribution in [2.75, 3.05) is 12.4 Å². The summed E-state index contributed by atoms with van der Waals surface area (Å²) in [5.41, 5.74) is -0.236. The van der Waals surface area contributed by atoms with E-state index in [4.69, 9.17) is 6.42 Å². The number of rotatable bonds is 0. The molecule has 1 unspecified atom stereocenters. The molecule has 0 aromatic rings. The van der Waals surface area contributed by atoms with Gasteiger partial charge in [-0.1, -0.05) is 13.8 Å². The molecule has 1 aliphatic heterocycles. The molecule has 0 spiro atoms. The van der Waals surface area contributed by atoms with E-state index in [-0.39, 0.29) is 23.7 Å². The van der Waals surface area contributed by atoms with Crippen molar-refractivity contribution in [1.82, 2.24) is 0 Å². The molecule has 0 aromatic carbocycles. The first-order valence-electron chi connectivity index (χ1n) is 3.71. The zero-order chi connectivity index (χ0) is 9.41. The summed E-state index contributed by atoms with van der Waals surface area (Å²) in [5.74, 6) is 2.19. The fourth-order valence-electron chi connectivity index (χ4n) is 1.09. The average molecular weight is 188 g/mol. The number of hydrogen-bond donors (Lipinski definition) is 0. The van der Waals surface area contributed by atoms with E-state index in [2.05, 4.69) is 10.1 Å². The van der Waals surface area contributed by atoms with Gasteiger partial charge in [0.25, 0.3) is 10.1 Å². The van der Waals surface area contributed by atoms with Crippen LogP contribution in [0.25, 0.3) is 0 Å². The normalized spacial score (nSPS) is 32.2. The summed E-state index contributed by atoms with van der Waals surface area (Å²) >= 11 is 0. The SMILES string of the molecule is C#CC1CS(=O)(=O)OCC1(C)C. The quantitative estimate of drug-likeness (QED) is 0.413. The lowest BCUT2D eigenvalue weighted by Gasteiger charge is -2.34. The highest BCUT2D eigenvalue weighted by atomic mass is 32.2. The molecule has 0 bridgehead atoms. The van der Waals surface area contributed by atoms with Gasteiger partial charge in [0.05, 0.1) is 12.4 Å². The van der Waals surface area contributed by atoms with Crippen LogP contribution in [0.1, 0.15) is 13.8 Å². The highest BCUT2D eigenvalue weighted by Crippen LogP contribution is 2.32. The van der Waals surface area contributed by atoms with Gasteiger partial charge < -0.3 is 0 Å². The van der Waals surface area contributed by atoms with Gasteiger partial charge in [0.1, 0.15) is 0 Å². The summed E-state index contributed by atoms with van der Waals surface area (Å²) in [6, 6.07) is 0. The molecule has 12 heavy (non-hydrogen) atoms. The smallest absolute Gasteiger partial charge is 0.268 e. The van der Waals surface area contributed by atoms with Crippen molar-refractivity contribution in [3.05, 3.63) is 0 Å². The molecule has 1 saturated heterocycles.